The summed E-state index contributed by atoms with van der Waals surface area (Å²) in [7, 11) is 0. The van der Waals surface area contributed by atoms with Crippen molar-refractivity contribution in [3.05, 3.63) is 60.6 Å². The lowest BCUT2D eigenvalue weighted by Crippen LogP contribution is -2.32. The van der Waals surface area contributed by atoms with Crippen molar-refractivity contribution in [1.82, 2.24) is 25.1 Å². The van der Waals surface area contributed by atoms with Crippen LogP contribution in [0.4, 0.5) is 0 Å². The number of nitrogens with zero attached hydrogens (tertiary/aromatic N) is 3. The Balaban J connectivity index is 1.30. The minimum atomic E-state index is 0.798. The van der Waals surface area contributed by atoms with Gasteiger partial charge in [-0.3, -0.25) is 10.00 Å². The summed E-state index contributed by atoms with van der Waals surface area (Å²) >= 11 is 2.02. The summed E-state index contributed by atoms with van der Waals surface area (Å²) in [5.74, 6) is 5.02. The maximum Gasteiger partial charge on any atom is 0.129 e. The normalized spacial score (nSPS) is 15.1. The number of thioether (sulfide) groups is 1. The van der Waals surface area contributed by atoms with Crippen molar-refractivity contribution < 1.29 is 4.74 Å². The molecule has 0 aliphatic carbocycles. The van der Waals surface area contributed by atoms with Gasteiger partial charge in [-0.2, -0.15) is 16.9 Å². The van der Waals surface area contributed by atoms with E-state index in [1.54, 1.807) is 6.20 Å². The summed E-state index contributed by atoms with van der Waals surface area (Å²) in [6, 6.07) is 15.9. The molecule has 0 spiro atoms. The summed E-state index contributed by atoms with van der Waals surface area (Å²) in [6.45, 7) is 3.13. The molecule has 0 bridgehead atoms. The van der Waals surface area contributed by atoms with Gasteiger partial charge >= 0.3 is 0 Å². The van der Waals surface area contributed by atoms with E-state index in [9.17, 15) is 0 Å². The van der Waals surface area contributed by atoms with Gasteiger partial charge in [0.15, 0.2) is 0 Å². The van der Waals surface area contributed by atoms with Gasteiger partial charge in [-0.05, 0) is 48.0 Å². The van der Waals surface area contributed by atoms with Crippen LogP contribution in [0.15, 0.2) is 54.7 Å². The number of fused-ring (bicyclic) bond motifs is 1. The first kappa shape index (κ1) is 17.3. The van der Waals surface area contributed by atoms with Gasteiger partial charge in [0.2, 0.25) is 0 Å². The molecule has 142 valence electrons. The predicted molar refractivity (Wildman–Crippen MR) is 113 cm³/mol. The molecule has 0 unspecified atom stereocenters. The smallest absolute Gasteiger partial charge is 0.129 e. The lowest BCUT2D eigenvalue weighted by atomic mass is 10.1. The Morgan fingerprint density at radius 2 is 1.82 bits per heavy atom. The summed E-state index contributed by atoms with van der Waals surface area (Å²) in [5, 5.41) is 6.95. The molecule has 0 radical (unpaired) electrons. The van der Waals surface area contributed by atoms with Gasteiger partial charge in [-0.25, -0.2) is 4.98 Å². The fourth-order valence-electron chi connectivity index (χ4n) is 3.41. The first-order valence-electron chi connectivity index (χ1n) is 9.40. The highest BCUT2D eigenvalue weighted by Gasteiger charge is 2.13. The van der Waals surface area contributed by atoms with E-state index in [1.165, 1.54) is 11.5 Å². The number of aromatic nitrogens is 4. The summed E-state index contributed by atoms with van der Waals surface area (Å²) in [6.07, 6.45) is 1.75. The van der Waals surface area contributed by atoms with Gasteiger partial charge in [0.1, 0.15) is 17.3 Å². The Morgan fingerprint density at radius 1 is 1.00 bits per heavy atom. The van der Waals surface area contributed by atoms with E-state index < -0.39 is 0 Å². The van der Waals surface area contributed by atoms with Crippen molar-refractivity contribution in [3.8, 4) is 22.8 Å². The summed E-state index contributed by atoms with van der Waals surface area (Å²) < 4.78 is 6.03. The fourth-order valence-corrected chi connectivity index (χ4v) is 4.39. The van der Waals surface area contributed by atoms with E-state index in [0.29, 0.717) is 0 Å². The van der Waals surface area contributed by atoms with Crippen LogP contribution in [0, 0.1) is 0 Å². The van der Waals surface area contributed by atoms with E-state index in [0.717, 1.165) is 59.2 Å². The van der Waals surface area contributed by atoms with E-state index in [-0.39, 0.29) is 0 Å². The summed E-state index contributed by atoms with van der Waals surface area (Å²) in [5.41, 5.74) is 4.05. The van der Waals surface area contributed by atoms with Gasteiger partial charge in [-0.1, -0.05) is 0 Å². The highest BCUT2D eigenvalue weighted by Crippen LogP contribution is 2.27. The second-order valence-corrected chi connectivity index (χ2v) is 8.07. The molecular weight excluding hydrogens is 370 g/mol. The minimum absolute atomic E-state index is 0.798. The Labute approximate surface area is 167 Å². The zero-order chi connectivity index (χ0) is 18.8. The molecule has 2 aromatic heterocycles. The Kier molecular flexibility index (Phi) is 4.76. The van der Waals surface area contributed by atoms with Crippen LogP contribution in [-0.2, 0) is 6.54 Å². The summed E-state index contributed by atoms with van der Waals surface area (Å²) in [4.78, 5) is 10.6. The molecule has 6 nitrogen and oxygen atoms in total. The number of ether oxygens (including phenoxy) is 1. The van der Waals surface area contributed by atoms with Crippen LogP contribution in [0.1, 0.15) is 5.82 Å². The highest BCUT2D eigenvalue weighted by molar-refractivity contribution is 7.99. The van der Waals surface area contributed by atoms with E-state index >= 15 is 0 Å². The lowest BCUT2D eigenvalue weighted by molar-refractivity contribution is 0.288. The molecule has 28 heavy (non-hydrogen) atoms. The topological polar surface area (TPSA) is 69.8 Å². The first-order chi connectivity index (χ1) is 13.8. The van der Waals surface area contributed by atoms with E-state index in [4.69, 9.17) is 9.72 Å². The Hall–Kier alpha value is -2.77. The quantitative estimate of drug-likeness (QED) is 0.531. The zero-order valence-corrected chi connectivity index (χ0v) is 16.2. The Morgan fingerprint density at radius 3 is 2.61 bits per heavy atom. The molecule has 1 fully saturated rings. The van der Waals surface area contributed by atoms with Crippen LogP contribution in [0.2, 0.25) is 0 Å². The largest absolute Gasteiger partial charge is 0.457 e. The molecule has 1 saturated heterocycles. The molecule has 2 N–H and O–H groups in total. The molecule has 0 saturated carbocycles. The van der Waals surface area contributed by atoms with Gasteiger partial charge in [0.05, 0.1) is 23.3 Å². The molecule has 3 heterocycles. The van der Waals surface area contributed by atoms with E-state index in [1.807, 2.05) is 60.3 Å². The highest BCUT2D eigenvalue weighted by atomic mass is 32.2. The molecule has 4 aromatic rings. The third-order valence-electron chi connectivity index (χ3n) is 4.88. The molecule has 0 amide bonds. The number of H-pyrrole nitrogens is 2. The second-order valence-electron chi connectivity index (χ2n) is 6.85. The zero-order valence-electron chi connectivity index (χ0n) is 15.4. The molecule has 1 aliphatic rings. The van der Waals surface area contributed by atoms with Crippen LogP contribution < -0.4 is 4.74 Å². The van der Waals surface area contributed by atoms with Crippen LogP contribution in [0.5, 0.6) is 11.5 Å². The first-order valence-corrected chi connectivity index (χ1v) is 10.6. The van der Waals surface area contributed by atoms with Crippen LogP contribution >= 0.6 is 11.8 Å². The monoisotopic (exact) mass is 391 g/mol. The van der Waals surface area contributed by atoms with Crippen molar-refractivity contribution in [1.29, 1.82) is 0 Å². The average molecular weight is 392 g/mol. The number of hydrogen-bond acceptors (Lipinski definition) is 5. The average Bonchev–Trinajstić information content (AvgIpc) is 3.39. The number of imidazole rings is 1. The van der Waals surface area contributed by atoms with Crippen molar-refractivity contribution in [3.63, 3.8) is 0 Å². The standard InChI is InChI=1S/C21H21N5OS/c1-3-16(4-2-15(1)18-7-8-22-25-18)27-17-5-6-19-20(13-17)24-21(23-19)14-26-9-11-28-12-10-26/h1-8,13H,9-12,14H2,(H,22,25)(H,23,24). The Bertz CT molecular complexity index is 1050. The van der Waals surface area contributed by atoms with Gasteiger partial charge in [-0.15, -0.1) is 0 Å². The third kappa shape index (κ3) is 3.76. The molecular formula is C21H21N5OS. The maximum atomic E-state index is 6.03. The lowest BCUT2D eigenvalue weighted by Gasteiger charge is -2.24. The predicted octanol–water partition coefficient (Wildman–Crippen LogP) is 4.29. The minimum Gasteiger partial charge on any atom is -0.457 e. The molecule has 2 aromatic carbocycles. The molecule has 0 atom stereocenters. The van der Waals surface area contributed by atoms with Gasteiger partial charge < -0.3 is 9.72 Å². The van der Waals surface area contributed by atoms with Crippen molar-refractivity contribution >= 4 is 22.8 Å². The van der Waals surface area contributed by atoms with Crippen LogP contribution in [0.25, 0.3) is 22.3 Å². The van der Waals surface area contributed by atoms with Gasteiger partial charge in [0.25, 0.3) is 0 Å². The molecule has 7 heteroatoms. The fraction of sp³-hybridized carbons (Fsp3) is 0.238. The number of rotatable bonds is 5. The van der Waals surface area contributed by atoms with Crippen molar-refractivity contribution in [2.75, 3.05) is 24.6 Å². The van der Waals surface area contributed by atoms with Crippen molar-refractivity contribution in [2.24, 2.45) is 0 Å². The maximum absolute atomic E-state index is 6.03. The van der Waals surface area contributed by atoms with Gasteiger partial charge in [0, 0.05) is 36.9 Å². The SMILES string of the molecule is c1cc(-c2ccc(Oc3ccc4nc(CN5CCSCC5)[nH]c4c3)cc2)[nH]n1. The molecule has 1 aliphatic heterocycles. The van der Waals surface area contributed by atoms with E-state index in [2.05, 4.69) is 20.1 Å². The number of hydrogen-bond donors (Lipinski definition) is 2. The molecule has 5 rings (SSSR count). The van der Waals surface area contributed by atoms with Crippen molar-refractivity contribution in [2.45, 2.75) is 6.54 Å². The second kappa shape index (κ2) is 7.69. The number of nitrogens with one attached hydrogen (secondary N) is 2. The third-order valence-corrected chi connectivity index (χ3v) is 5.82. The number of benzene rings is 2. The number of aromatic amines is 2. The van der Waals surface area contributed by atoms with Crippen LogP contribution in [-0.4, -0.2) is 49.7 Å². The van der Waals surface area contributed by atoms with Crippen LogP contribution in [0.3, 0.4) is 0 Å².